The molecule has 0 unspecified atom stereocenters. The third-order valence-electron chi connectivity index (χ3n) is 3.76. The van der Waals surface area contributed by atoms with E-state index in [0.29, 0.717) is 18.9 Å². The van der Waals surface area contributed by atoms with Crippen LogP contribution >= 0.6 is 0 Å². The van der Waals surface area contributed by atoms with Gasteiger partial charge in [0.05, 0.1) is 7.11 Å². The summed E-state index contributed by atoms with van der Waals surface area (Å²) < 4.78 is 4.73. The summed E-state index contributed by atoms with van der Waals surface area (Å²) in [6.45, 7) is 6.64. The van der Waals surface area contributed by atoms with Gasteiger partial charge in [0.25, 0.3) is 0 Å². The number of carbonyl (C=O) groups excluding carboxylic acids is 2. The zero-order chi connectivity index (χ0) is 15.0. The first-order chi connectivity index (χ1) is 9.52. The molecule has 1 rings (SSSR count). The second-order valence-corrected chi connectivity index (χ2v) is 6.05. The highest BCUT2D eigenvalue weighted by atomic mass is 16.5. The molecule has 1 fully saturated rings. The Hall–Kier alpha value is -1.10. The second-order valence-electron chi connectivity index (χ2n) is 6.05. The lowest BCUT2D eigenvalue weighted by molar-refractivity contribution is -0.142. The van der Waals surface area contributed by atoms with Crippen molar-refractivity contribution >= 4 is 11.9 Å². The number of methoxy groups -OCH3 is 1. The number of hydrogen-bond acceptors (Lipinski definition) is 4. The number of ether oxygens (including phenoxy) is 1. The fourth-order valence-corrected chi connectivity index (χ4v) is 2.70. The molecule has 1 heterocycles. The van der Waals surface area contributed by atoms with Gasteiger partial charge < -0.3 is 15.4 Å². The Kier molecular flexibility index (Phi) is 7.59. The maximum Gasteiger partial charge on any atom is 0.305 e. The van der Waals surface area contributed by atoms with E-state index in [2.05, 4.69) is 24.5 Å². The predicted molar refractivity (Wildman–Crippen MR) is 78.2 cm³/mol. The lowest BCUT2D eigenvalue weighted by atomic mass is 9.93. The minimum Gasteiger partial charge on any atom is -0.469 e. The Bertz CT molecular complexity index is 312. The molecule has 1 saturated heterocycles. The number of nitrogens with one attached hydrogen (secondary N) is 2. The van der Waals surface area contributed by atoms with Gasteiger partial charge in [-0.1, -0.05) is 13.8 Å². The van der Waals surface area contributed by atoms with Gasteiger partial charge in [-0.3, -0.25) is 9.59 Å². The van der Waals surface area contributed by atoms with E-state index in [1.807, 2.05) is 0 Å². The molecule has 1 amide bonds. The van der Waals surface area contributed by atoms with Crippen LogP contribution in [0.4, 0.5) is 0 Å². The van der Waals surface area contributed by atoms with Crippen molar-refractivity contribution in [3.63, 3.8) is 0 Å². The van der Waals surface area contributed by atoms with Crippen LogP contribution in [0.2, 0.25) is 0 Å². The van der Waals surface area contributed by atoms with E-state index in [0.717, 1.165) is 32.4 Å². The third kappa shape index (κ3) is 6.37. The standard InChI is InChI=1S/C15H28N2O3/c1-11(2)8-12(9-14(18)20-3)10-17-15(19)13-4-6-16-7-5-13/h11-13,16H,4-10H2,1-3H3,(H,17,19)/t12-/m0/s1. The van der Waals surface area contributed by atoms with Gasteiger partial charge in [-0.25, -0.2) is 0 Å². The average molecular weight is 284 g/mol. The van der Waals surface area contributed by atoms with Crippen LogP contribution in [0.5, 0.6) is 0 Å². The van der Waals surface area contributed by atoms with E-state index < -0.39 is 0 Å². The van der Waals surface area contributed by atoms with Crippen molar-refractivity contribution in [3.05, 3.63) is 0 Å². The third-order valence-corrected chi connectivity index (χ3v) is 3.76. The van der Waals surface area contributed by atoms with Crippen molar-refractivity contribution < 1.29 is 14.3 Å². The molecule has 2 N–H and O–H groups in total. The van der Waals surface area contributed by atoms with Crippen LogP contribution in [0.1, 0.15) is 39.5 Å². The molecule has 1 atom stereocenters. The predicted octanol–water partition coefficient (Wildman–Crippen LogP) is 1.33. The molecule has 0 radical (unpaired) electrons. The quantitative estimate of drug-likeness (QED) is 0.692. The van der Waals surface area contributed by atoms with E-state index in [4.69, 9.17) is 4.74 Å². The van der Waals surface area contributed by atoms with Crippen molar-refractivity contribution in [2.75, 3.05) is 26.7 Å². The van der Waals surface area contributed by atoms with Gasteiger partial charge in [-0.2, -0.15) is 0 Å². The van der Waals surface area contributed by atoms with Crippen molar-refractivity contribution in [1.82, 2.24) is 10.6 Å². The molecule has 0 aromatic carbocycles. The maximum atomic E-state index is 12.1. The van der Waals surface area contributed by atoms with Gasteiger partial charge in [-0.05, 0) is 44.2 Å². The van der Waals surface area contributed by atoms with Crippen molar-refractivity contribution in [2.24, 2.45) is 17.8 Å². The van der Waals surface area contributed by atoms with E-state index in [9.17, 15) is 9.59 Å². The number of rotatable bonds is 7. The molecule has 116 valence electrons. The minimum atomic E-state index is -0.202. The van der Waals surface area contributed by atoms with Crippen molar-refractivity contribution in [2.45, 2.75) is 39.5 Å². The molecule has 0 saturated carbocycles. The molecular weight excluding hydrogens is 256 g/mol. The number of hydrogen-bond donors (Lipinski definition) is 2. The van der Waals surface area contributed by atoms with Gasteiger partial charge in [-0.15, -0.1) is 0 Å². The molecule has 5 nitrogen and oxygen atoms in total. The first kappa shape index (κ1) is 17.0. The molecule has 0 aromatic rings. The lowest BCUT2D eigenvalue weighted by Gasteiger charge is -2.24. The van der Waals surface area contributed by atoms with Crippen LogP contribution in [-0.2, 0) is 14.3 Å². The van der Waals surface area contributed by atoms with E-state index in [-0.39, 0.29) is 23.7 Å². The lowest BCUT2D eigenvalue weighted by Crippen LogP contribution is -2.40. The highest BCUT2D eigenvalue weighted by Gasteiger charge is 2.22. The smallest absolute Gasteiger partial charge is 0.305 e. The van der Waals surface area contributed by atoms with Crippen LogP contribution in [0.3, 0.4) is 0 Å². The van der Waals surface area contributed by atoms with Crippen molar-refractivity contribution in [1.29, 1.82) is 0 Å². The normalized spacial score (nSPS) is 17.8. The van der Waals surface area contributed by atoms with E-state index in [1.165, 1.54) is 7.11 Å². The molecule has 0 spiro atoms. The maximum absolute atomic E-state index is 12.1. The first-order valence-corrected chi connectivity index (χ1v) is 7.58. The molecule has 5 heteroatoms. The Labute approximate surface area is 121 Å². The molecule has 0 bridgehead atoms. The largest absolute Gasteiger partial charge is 0.469 e. The van der Waals surface area contributed by atoms with E-state index in [1.54, 1.807) is 0 Å². The fourth-order valence-electron chi connectivity index (χ4n) is 2.70. The topological polar surface area (TPSA) is 67.4 Å². The Morgan fingerprint density at radius 1 is 1.30 bits per heavy atom. The van der Waals surface area contributed by atoms with Gasteiger partial charge >= 0.3 is 5.97 Å². The summed E-state index contributed by atoms with van der Waals surface area (Å²) in [5, 5.41) is 6.27. The number of piperidine rings is 1. The molecular formula is C15H28N2O3. The van der Waals surface area contributed by atoms with Crippen LogP contribution in [0.15, 0.2) is 0 Å². The summed E-state index contributed by atoms with van der Waals surface area (Å²) in [6, 6.07) is 0. The van der Waals surface area contributed by atoms with Gasteiger partial charge in [0.2, 0.25) is 5.91 Å². The average Bonchev–Trinajstić information content (AvgIpc) is 2.44. The van der Waals surface area contributed by atoms with Gasteiger partial charge in [0, 0.05) is 18.9 Å². The Balaban J connectivity index is 2.39. The monoisotopic (exact) mass is 284 g/mol. The minimum absolute atomic E-state index is 0.120. The zero-order valence-corrected chi connectivity index (χ0v) is 12.9. The summed E-state index contributed by atoms with van der Waals surface area (Å²) in [6.07, 6.45) is 3.10. The van der Waals surface area contributed by atoms with E-state index >= 15 is 0 Å². The summed E-state index contributed by atoms with van der Waals surface area (Å²) in [7, 11) is 1.41. The highest BCUT2D eigenvalue weighted by molar-refractivity contribution is 5.78. The summed E-state index contributed by atoms with van der Waals surface area (Å²) in [5.41, 5.74) is 0. The van der Waals surface area contributed by atoms with Crippen LogP contribution < -0.4 is 10.6 Å². The van der Waals surface area contributed by atoms with Crippen molar-refractivity contribution in [3.8, 4) is 0 Å². The second kappa shape index (κ2) is 8.95. The summed E-state index contributed by atoms with van der Waals surface area (Å²) in [5.74, 6) is 0.708. The Morgan fingerprint density at radius 2 is 1.95 bits per heavy atom. The summed E-state index contributed by atoms with van der Waals surface area (Å²) in [4.78, 5) is 23.5. The molecule has 20 heavy (non-hydrogen) atoms. The van der Waals surface area contributed by atoms with Crippen LogP contribution in [0.25, 0.3) is 0 Å². The van der Waals surface area contributed by atoms with Crippen LogP contribution in [0, 0.1) is 17.8 Å². The van der Waals surface area contributed by atoms with Crippen LogP contribution in [-0.4, -0.2) is 38.6 Å². The zero-order valence-electron chi connectivity index (χ0n) is 12.9. The Morgan fingerprint density at radius 3 is 2.50 bits per heavy atom. The first-order valence-electron chi connectivity index (χ1n) is 7.58. The highest BCUT2D eigenvalue weighted by Crippen LogP contribution is 2.16. The van der Waals surface area contributed by atoms with Gasteiger partial charge in [0.15, 0.2) is 0 Å². The fraction of sp³-hybridized carbons (Fsp3) is 0.867. The molecule has 1 aliphatic heterocycles. The molecule has 0 aromatic heterocycles. The van der Waals surface area contributed by atoms with Gasteiger partial charge in [0.1, 0.15) is 0 Å². The number of esters is 1. The SMILES string of the molecule is COC(=O)C[C@@H](CNC(=O)C1CCNCC1)CC(C)C. The molecule has 0 aliphatic carbocycles. The number of amides is 1. The molecule has 1 aliphatic rings. The number of carbonyl (C=O) groups is 2. The summed E-state index contributed by atoms with van der Waals surface area (Å²) >= 11 is 0.